The second kappa shape index (κ2) is 9.54. The van der Waals surface area contributed by atoms with Gasteiger partial charge >= 0.3 is 0 Å². The highest BCUT2D eigenvalue weighted by Crippen LogP contribution is 2.12. The van der Waals surface area contributed by atoms with Crippen molar-refractivity contribution >= 4 is 17.5 Å². The maximum absolute atomic E-state index is 13.5. The van der Waals surface area contributed by atoms with Crippen LogP contribution in [0.25, 0.3) is 0 Å². The molecule has 0 aliphatic carbocycles. The highest BCUT2D eigenvalue weighted by Gasteiger charge is 2.08. The van der Waals surface area contributed by atoms with Crippen LogP contribution in [-0.4, -0.2) is 30.1 Å². The maximum atomic E-state index is 13.5. The predicted molar refractivity (Wildman–Crippen MR) is 93.8 cm³/mol. The minimum absolute atomic E-state index is 0.0259. The lowest BCUT2D eigenvalue weighted by atomic mass is 10.1. The van der Waals surface area contributed by atoms with Crippen LogP contribution in [0.15, 0.2) is 48.5 Å². The summed E-state index contributed by atoms with van der Waals surface area (Å²) in [4.78, 5) is 23.8. The van der Waals surface area contributed by atoms with Crippen molar-refractivity contribution in [1.29, 1.82) is 0 Å². The zero-order chi connectivity index (χ0) is 18.1. The van der Waals surface area contributed by atoms with Crippen LogP contribution in [0.1, 0.15) is 28.8 Å². The molecular weight excluding hydrogens is 323 g/mol. The van der Waals surface area contributed by atoms with Gasteiger partial charge < -0.3 is 15.7 Å². The van der Waals surface area contributed by atoms with E-state index >= 15 is 0 Å². The van der Waals surface area contributed by atoms with Gasteiger partial charge in [0.15, 0.2) is 0 Å². The Morgan fingerprint density at radius 1 is 1.04 bits per heavy atom. The number of carbonyl (C=O) groups excluding carboxylic acids is 2. The summed E-state index contributed by atoms with van der Waals surface area (Å²) in [5.74, 6) is -0.763. The molecule has 2 rings (SSSR count). The molecule has 0 spiro atoms. The molecular formula is C19H21FN2O3. The molecule has 0 atom stereocenters. The first-order chi connectivity index (χ1) is 12.1. The van der Waals surface area contributed by atoms with Crippen LogP contribution in [0.4, 0.5) is 10.1 Å². The van der Waals surface area contributed by atoms with Gasteiger partial charge in [0.1, 0.15) is 5.82 Å². The number of benzene rings is 2. The van der Waals surface area contributed by atoms with Gasteiger partial charge in [-0.15, -0.1) is 0 Å². The molecule has 132 valence electrons. The van der Waals surface area contributed by atoms with Crippen LogP contribution in [0.5, 0.6) is 0 Å². The van der Waals surface area contributed by atoms with Crippen LogP contribution in [0.3, 0.4) is 0 Å². The van der Waals surface area contributed by atoms with E-state index in [1.54, 1.807) is 42.5 Å². The summed E-state index contributed by atoms with van der Waals surface area (Å²) in [5, 5.41) is 14.1. The number of halogens is 1. The van der Waals surface area contributed by atoms with E-state index < -0.39 is 0 Å². The molecule has 2 amide bonds. The molecule has 0 unspecified atom stereocenters. The number of amides is 2. The summed E-state index contributed by atoms with van der Waals surface area (Å²) >= 11 is 0. The third kappa shape index (κ3) is 6.00. The van der Waals surface area contributed by atoms with Crippen molar-refractivity contribution in [2.24, 2.45) is 0 Å². The average molecular weight is 344 g/mol. The number of nitrogens with one attached hydrogen (secondary N) is 2. The molecule has 0 fully saturated rings. The molecule has 5 nitrogen and oxygen atoms in total. The molecule has 0 heterocycles. The van der Waals surface area contributed by atoms with Gasteiger partial charge in [-0.3, -0.25) is 9.59 Å². The molecule has 0 aliphatic rings. The molecule has 2 aromatic carbocycles. The summed E-state index contributed by atoms with van der Waals surface area (Å²) in [6.07, 6.45) is 0.996. The van der Waals surface area contributed by atoms with E-state index in [2.05, 4.69) is 10.6 Å². The monoisotopic (exact) mass is 344 g/mol. The van der Waals surface area contributed by atoms with E-state index in [4.69, 9.17) is 5.11 Å². The molecule has 0 radical (unpaired) electrons. The van der Waals surface area contributed by atoms with Crippen molar-refractivity contribution in [3.8, 4) is 0 Å². The molecule has 0 saturated carbocycles. The highest BCUT2D eigenvalue weighted by molar-refractivity contribution is 5.95. The van der Waals surface area contributed by atoms with Gasteiger partial charge in [-0.1, -0.05) is 18.2 Å². The molecule has 3 N–H and O–H groups in total. The van der Waals surface area contributed by atoms with Gasteiger partial charge in [-0.25, -0.2) is 4.39 Å². The minimum Gasteiger partial charge on any atom is -0.396 e. The van der Waals surface area contributed by atoms with E-state index in [0.29, 0.717) is 36.2 Å². The summed E-state index contributed by atoms with van der Waals surface area (Å²) in [5.41, 5.74) is 1.56. The third-order valence-electron chi connectivity index (χ3n) is 3.63. The Bertz CT molecular complexity index is 717. The molecule has 6 heteroatoms. The quantitative estimate of drug-likeness (QED) is 0.644. The topological polar surface area (TPSA) is 78.4 Å². The lowest BCUT2D eigenvalue weighted by molar-refractivity contribution is -0.116. The molecule has 2 aromatic rings. The summed E-state index contributed by atoms with van der Waals surface area (Å²) in [6.45, 7) is 0.433. The van der Waals surface area contributed by atoms with Crippen molar-refractivity contribution < 1.29 is 19.1 Å². The summed E-state index contributed by atoms with van der Waals surface area (Å²) in [6, 6.07) is 12.9. The highest BCUT2D eigenvalue weighted by atomic mass is 19.1. The van der Waals surface area contributed by atoms with Gasteiger partial charge in [0, 0.05) is 30.8 Å². The van der Waals surface area contributed by atoms with Crippen molar-refractivity contribution in [2.75, 3.05) is 18.5 Å². The summed E-state index contributed by atoms with van der Waals surface area (Å²) < 4.78 is 13.5. The van der Waals surface area contributed by atoms with Crippen molar-refractivity contribution in [3.63, 3.8) is 0 Å². The van der Waals surface area contributed by atoms with Gasteiger partial charge in [0.2, 0.25) is 5.91 Å². The lowest BCUT2D eigenvalue weighted by Crippen LogP contribution is -2.25. The van der Waals surface area contributed by atoms with Crippen molar-refractivity contribution in [3.05, 3.63) is 65.5 Å². The van der Waals surface area contributed by atoms with Gasteiger partial charge in [-0.2, -0.15) is 0 Å². The number of hydrogen-bond acceptors (Lipinski definition) is 3. The second-order valence-corrected chi connectivity index (χ2v) is 5.55. The number of aliphatic hydroxyl groups is 1. The van der Waals surface area contributed by atoms with E-state index in [9.17, 15) is 14.0 Å². The Hall–Kier alpha value is -2.73. The van der Waals surface area contributed by atoms with E-state index in [0.717, 1.165) is 0 Å². The number of anilines is 1. The van der Waals surface area contributed by atoms with E-state index in [1.165, 1.54) is 6.07 Å². The number of aryl methyl sites for hydroxylation is 1. The average Bonchev–Trinajstić information content (AvgIpc) is 2.62. The first kappa shape index (κ1) is 18.6. The lowest BCUT2D eigenvalue weighted by Gasteiger charge is -2.08. The summed E-state index contributed by atoms with van der Waals surface area (Å²) in [7, 11) is 0. The normalized spacial score (nSPS) is 10.3. The van der Waals surface area contributed by atoms with Crippen LogP contribution < -0.4 is 10.6 Å². The second-order valence-electron chi connectivity index (χ2n) is 5.55. The standard InChI is InChI=1S/C19H21FN2O3/c20-17-5-2-1-4-14(17)8-11-18(24)22-16-9-6-15(7-10-16)19(25)21-12-3-13-23/h1-2,4-7,9-10,23H,3,8,11-13H2,(H,21,25)(H,22,24). The predicted octanol–water partition coefficient (Wildman–Crippen LogP) is 2.51. The Kier molecular flexibility index (Phi) is 7.10. The molecule has 0 aromatic heterocycles. The van der Waals surface area contributed by atoms with Crippen LogP contribution in [0.2, 0.25) is 0 Å². The van der Waals surface area contributed by atoms with Crippen LogP contribution in [-0.2, 0) is 11.2 Å². The fourth-order valence-corrected chi connectivity index (χ4v) is 2.26. The number of rotatable bonds is 8. The fourth-order valence-electron chi connectivity index (χ4n) is 2.26. The first-order valence-corrected chi connectivity index (χ1v) is 8.12. The van der Waals surface area contributed by atoms with Gasteiger partial charge in [-0.05, 0) is 48.7 Å². The number of hydrogen-bond donors (Lipinski definition) is 3. The fraction of sp³-hybridized carbons (Fsp3) is 0.263. The molecule has 25 heavy (non-hydrogen) atoms. The largest absolute Gasteiger partial charge is 0.396 e. The van der Waals surface area contributed by atoms with Crippen molar-refractivity contribution in [2.45, 2.75) is 19.3 Å². The Balaban J connectivity index is 1.83. The zero-order valence-corrected chi connectivity index (χ0v) is 13.8. The maximum Gasteiger partial charge on any atom is 0.251 e. The molecule has 0 saturated heterocycles. The van der Waals surface area contributed by atoms with Crippen molar-refractivity contribution in [1.82, 2.24) is 5.32 Å². The van der Waals surface area contributed by atoms with Crippen LogP contribution >= 0.6 is 0 Å². The number of carbonyl (C=O) groups is 2. The van der Waals surface area contributed by atoms with Gasteiger partial charge in [0.05, 0.1) is 0 Å². The Morgan fingerprint density at radius 2 is 1.76 bits per heavy atom. The van der Waals surface area contributed by atoms with Gasteiger partial charge in [0.25, 0.3) is 5.91 Å². The van der Waals surface area contributed by atoms with Crippen LogP contribution in [0, 0.1) is 5.82 Å². The number of aliphatic hydroxyl groups excluding tert-OH is 1. The molecule has 0 aliphatic heterocycles. The smallest absolute Gasteiger partial charge is 0.251 e. The minimum atomic E-state index is -0.313. The Labute approximate surface area is 145 Å². The molecule has 0 bridgehead atoms. The first-order valence-electron chi connectivity index (χ1n) is 8.12. The zero-order valence-electron chi connectivity index (χ0n) is 13.8. The third-order valence-corrected chi connectivity index (χ3v) is 3.63. The Morgan fingerprint density at radius 3 is 2.44 bits per heavy atom. The van der Waals surface area contributed by atoms with E-state index in [-0.39, 0.29) is 30.7 Å². The SMILES string of the molecule is O=C(CCc1ccccc1F)Nc1ccc(C(=O)NCCCO)cc1. The van der Waals surface area contributed by atoms with E-state index in [1.807, 2.05) is 0 Å².